The van der Waals surface area contributed by atoms with Gasteiger partial charge in [0.1, 0.15) is 0 Å². The molecule has 74 valence electrons. The number of aliphatic imine (C=N–C) groups is 1. The Morgan fingerprint density at radius 1 is 1.50 bits per heavy atom. The van der Waals surface area contributed by atoms with Gasteiger partial charge in [-0.05, 0) is 30.5 Å². The first-order chi connectivity index (χ1) is 6.74. The first-order valence-electron chi connectivity index (χ1n) is 4.80. The molecule has 1 aromatic carbocycles. The SMILES string of the molecule is NC(Cc1cccc(Br)c1)=NC1CC1. The van der Waals surface area contributed by atoms with Crippen molar-refractivity contribution in [2.75, 3.05) is 0 Å². The van der Waals surface area contributed by atoms with Gasteiger partial charge in [-0.3, -0.25) is 4.99 Å². The van der Waals surface area contributed by atoms with Crippen LogP contribution in [0.3, 0.4) is 0 Å². The van der Waals surface area contributed by atoms with Crippen molar-refractivity contribution >= 4 is 21.8 Å². The van der Waals surface area contributed by atoms with Crippen LogP contribution in [0.25, 0.3) is 0 Å². The third kappa shape index (κ3) is 2.84. The second-order valence-corrected chi connectivity index (χ2v) is 4.57. The predicted octanol–water partition coefficient (Wildman–Crippen LogP) is 2.51. The molecule has 1 aliphatic rings. The zero-order valence-electron chi connectivity index (χ0n) is 7.91. The molecule has 0 atom stereocenters. The monoisotopic (exact) mass is 252 g/mol. The van der Waals surface area contributed by atoms with Crippen molar-refractivity contribution in [3.05, 3.63) is 34.3 Å². The largest absolute Gasteiger partial charge is 0.387 e. The van der Waals surface area contributed by atoms with Gasteiger partial charge in [-0.15, -0.1) is 0 Å². The van der Waals surface area contributed by atoms with Crippen molar-refractivity contribution in [2.24, 2.45) is 10.7 Å². The number of nitrogens with two attached hydrogens (primary N) is 1. The topological polar surface area (TPSA) is 38.4 Å². The summed E-state index contributed by atoms with van der Waals surface area (Å²) in [4.78, 5) is 4.39. The van der Waals surface area contributed by atoms with E-state index in [0.29, 0.717) is 6.04 Å². The van der Waals surface area contributed by atoms with E-state index in [2.05, 4.69) is 33.1 Å². The summed E-state index contributed by atoms with van der Waals surface area (Å²) >= 11 is 3.43. The molecule has 0 heterocycles. The summed E-state index contributed by atoms with van der Waals surface area (Å²) in [5, 5.41) is 0. The Kier molecular flexibility index (Phi) is 2.87. The molecule has 0 amide bonds. The summed E-state index contributed by atoms with van der Waals surface area (Å²) in [7, 11) is 0. The molecule has 0 bridgehead atoms. The van der Waals surface area contributed by atoms with Gasteiger partial charge in [0.2, 0.25) is 0 Å². The number of amidine groups is 1. The Bertz CT molecular complexity index is 356. The Balaban J connectivity index is 2.02. The van der Waals surface area contributed by atoms with Crippen molar-refractivity contribution in [1.82, 2.24) is 0 Å². The van der Waals surface area contributed by atoms with Crippen LogP contribution in [0.2, 0.25) is 0 Å². The summed E-state index contributed by atoms with van der Waals surface area (Å²) in [6, 6.07) is 8.69. The minimum absolute atomic E-state index is 0.516. The van der Waals surface area contributed by atoms with Crippen LogP contribution in [0.15, 0.2) is 33.7 Å². The van der Waals surface area contributed by atoms with Crippen LogP contribution in [-0.4, -0.2) is 11.9 Å². The van der Waals surface area contributed by atoms with Crippen LogP contribution in [0.5, 0.6) is 0 Å². The molecular weight excluding hydrogens is 240 g/mol. The fourth-order valence-electron chi connectivity index (χ4n) is 1.34. The Labute approximate surface area is 92.4 Å². The van der Waals surface area contributed by atoms with Crippen LogP contribution in [0.1, 0.15) is 18.4 Å². The second-order valence-electron chi connectivity index (χ2n) is 3.66. The molecule has 0 radical (unpaired) electrons. The Morgan fingerprint density at radius 2 is 2.29 bits per heavy atom. The van der Waals surface area contributed by atoms with Crippen molar-refractivity contribution in [1.29, 1.82) is 0 Å². The van der Waals surface area contributed by atoms with E-state index >= 15 is 0 Å². The molecule has 1 saturated carbocycles. The molecule has 0 aliphatic heterocycles. The fraction of sp³-hybridized carbons (Fsp3) is 0.364. The Hall–Kier alpha value is -0.830. The average Bonchev–Trinajstić information content (AvgIpc) is 2.87. The first kappa shape index (κ1) is 9.71. The molecule has 0 spiro atoms. The molecule has 1 fully saturated rings. The van der Waals surface area contributed by atoms with E-state index in [1.54, 1.807) is 0 Å². The van der Waals surface area contributed by atoms with Gasteiger partial charge in [-0.25, -0.2) is 0 Å². The molecule has 0 saturated heterocycles. The minimum Gasteiger partial charge on any atom is -0.387 e. The van der Waals surface area contributed by atoms with Crippen molar-refractivity contribution < 1.29 is 0 Å². The van der Waals surface area contributed by atoms with Crippen molar-refractivity contribution in [2.45, 2.75) is 25.3 Å². The fourth-order valence-corrected chi connectivity index (χ4v) is 1.79. The lowest BCUT2D eigenvalue weighted by atomic mass is 10.1. The zero-order valence-corrected chi connectivity index (χ0v) is 9.50. The van der Waals surface area contributed by atoms with Crippen LogP contribution in [0.4, 0.5) is 0 Å². The zero-order chi connectivity index (χ0) is 9.97. The van der Waals surface area contributed by atoms with E-state index in [0.717, 1.165) is 16.7 Å². The highest BCUT2D eigenvalue weighted by atomic mass is 79.9. The summed E-state index contributed by atoms with van der Waals surface area (Å²) < 4.78 is 1.09. The van der Waals surface area contributed by atoms with Gasteiger partial charge in [0, 0.05) is 10.9 Å². The summed E-state index contributed by atoms with van der Waals surface area (Å²) in [6.07, 6.45) is 3.17. The average molecular weight is 253 g/mol. The van der Waals surface area contributed by atoms with Crippen LogP contribution >= 0.6 is 15.9 Å². The number of benzene rings is 1. The highest BCUT2D eigenvalue weighted by molar-refractivity contribution is 9.10. The highest BCUT2D eigenvalue weighted by Crippen LogP contribution is 2.23. The summed E-state index contributed by atoms with van der Waals surface area (Å²) in [5.41, 5.74) is 7.04. The van der Waals surface area contributed by atoms with Crippen molar-refractivity contribution in [3.8, 4) is 0 Å². The smallest absolute Gasteiger partial charge is 0.0984 e. The third-order valence-corrected chi connectivity index (χ3v) is 2.66. The van der Waals surface area contributed by atoms with Gasteiger partial charge >= 0.3 is 0 Å². The van der Waals surface area contributed by atoms with Crippen molar-refractivity contribution in [3.63, 3.8) is 0 Å². The molecule has 0 unspecified atom stereocenters. The van der Waals surface area contributed by atoms with Gasteiger partial charge in [0.05, 0.1) is 11.9 Å². The number of halogens is 1. The summed E-state index contributed by atoms with van der Waals surface area (Å²) in [6.45, 7) is 0. The van der Waals surface area contributed by atoms with E-state index < -0.39 is 0 Å². The predicted molar refractivity (Wildman–Crippen MR) is 62.5 cm³/mol. The van der Waals surface area contributed by atoms with Gasteiger partial charge in [-0.1, -0.05) is 28.1 Å². The molecule has 1 aliphatic carbocycles. The quantitative estimate of drug-likeness (QED) is 0.652. The number of nitrogens with zero attached hydrogens (tertiary/aromatic N) is 1. The molecule has 1 aromatic rings. The normalized spacial score (nSPS) is 17.1. The molecule has 2 N–H and O–H groups in total. The summed E-state index contributed by atoms with van der Waals surface area (Å²) in [5.74, 6) is 0.755. The van der Waals surface area contributed by atoms with Gasteiger partial charge < -0.3 is 5.73 Å². The van der Waals surface area contributed by atoms with Crippen LogP contribution < -0.4 is 5.73 Å². The van der Waals surface area contributed by atoms with E-state index in [1.165, 1.54) is 18.4 Å². The number of hydrogen-bond acceptors (Lipinski definition) is 1. The van der Waals surface area contributed by atoms with Crippen LogP contribution in [-0.2, 0) is 6.42 Å². The maximum atomic E-state index is 5.83. The maximum Gasteiger partial charge on any atom is 0.0984 e. The van der Waals surface area contributed by atoms with Gasteiger partial charge in [0.25, 0.3) is 0 Å². The molecule has 2 nitrogen and oxygen atoms in total. The van der Waals surface area contributed by atoms with E-state index in [1.807, 2.05) is 12.1 Å². The van der Waals surface area contributed by atoms with Crippen LogP contribution in [0, 0.1) is 0 Å². The second kappa shape index (κ2) is 4.13. The highest BCUT2D eigenvalue weighted by Gasteiger charge is 2.20. The molecule has 2 rings (SSSR count). The van der Waals surface area contributed by atoms with E-state index in [4.69, 9.17) is 5.73 Å². The molecule has 3 heteroatoms. The van der Waals surface area contributed by atoms with E-state index in [9.17, 15) is 0 Å². The minimum atomic E-state index is 0.516. The number of hydrogen-bond donors (Lipinski definition) is 1. The maximum absolute atomic E-state index is 5.83. The molecule has 0 aromatic heterocycles. The van der Waals surface area contributed by atoms with Gasteiger partial charge in [-0.2, -0.15) is 0 Å². The molecular formula is C11H13BrN2. The first-order valence-corrected chi connectivity index (χ1v) is 5.60. The van der Waals surface area contributed by atoms with Gasteiger partial charge in [0.15, 0.2) is 0 Å². The lowest BCUT2D eigenvalue weighted by Crippen LogP contribution is -2.15. The third-order valence-electron chi connectivity index (χ3n) is 2.17. The lowest BCUT2D eigenvalue weighted by molar-refractivity contribution is 1.04. The standard InChI is InChI=1S/C11H13BrN2/c12-9-3-1-2-8(6-9)7-11(13)14-10-4-5-10/h1-3,6,10H,4-5,7H2,(H2,13,14). The van der Waals surface area contributed by atoms with E-state index in [-0.39, 0.29) is 0 Å². The lowest BCUT2D eigenvalue weighted by Gasteiger charge is -2.01. The number of rotatable bonds is 3. The Morgan fingerprint density at radius 3 is 2.93 bits per heavy atom. The molecule has 14 heavy (non-hydrogen) atoms.